The molecule has 0 radical (unpaired) electrons. The number of carbonyl (C=O) groups excluding carboxylic acids is 1. The van der Waals surface area contributed by atoms with E-state index in [4.69, 9.17) is 21.1 Å². The largest absolute Gasteiger partial charge is 0.491 e. The molecule has 0 unspecified atom stereocenters. The average molecular weight is 570 g/mol. The summed E-state index contributed by atoms with van der Waals surface area (Å²) in [5.41, 5.74) is 3.81. The zero-order valence-corrected chi connectivity index (χ0v) is 24.2. The highest BCUT2D eigenvalue weighted by Crippen LogP contribution is 2.42. The number of nitrogens with zero attached hydrogens (tertiary/aromatic N) is 2. The monoisotopic (exact) mass is 569 g/mol. The highest BCUT2D eigenvalue weighted by Gasteiger charge is 2.38. The zero-order chi connectivity index (χ0) is 27.2. The van der Waals surface area contributed by atoms with E-state index >= 15 is 0 Å². The van der Waals surface area contributed by atoms with Crippen molar-refractivity contribution in [2.24, 2.45) is 16.2 Å². The number of anilines is 1. The molecule has 1 fully saturated rings. The van der Waals surface area contributed by atoms with E-state index in [1.165, 1.54) is 11.1 Å². The van der Waals surface area contributed by atoms with Gasteiger partial charge in [-0.15, -0.1) is 0 Å². The summed E-state index contributed by atoms with van der Waals surface area (Å²) in [5, 5.41) is 0.751. The molecular formula is C31H38ClN2O4S-. The Labute approximate surface area is 238 Å². The average Bonchev–Trinajstić information content (AvgIpc) is 2.93. The van der Waals surface area contributed by atoms with Crippen molar-refractivity contribution in [1.82, 2.24) is 0 Å². The maximum Gasteiger partial charge on any atom is 0.254 e. The molecule has 0 saturated heterocycles. The molecule has 2 heterocycles. The van der Waals surface area contributed by atoms with Crippen molar-refractivity contribution in [2.45, 2.75) is 64.5 Å². The van der Waals surface area contributed by atoms with Crippen LogP contribution in [0.15, 0.2) is 52.9 Å². The van der Waals surface area contributed by atoms with Gasteiger partial charge in [-0.25, -0.2) is 0 Å². The Morgan fingerprint density at radius 3 is 2.85 bits per heavy atom. The lowest BCUT2D eigenvalue weighted by Crippen LogP contribution is -2.43. The smallest absolute Gasteiger partial charge is 0.254 e. The van der Waals surface area contributed by atoms with Gasteiger partial charge in [0.15, 0.2) is 0 Å². The second-order valence-electron chi connectivity index (χ2n) is 10.7. The first kappa shape index (κ1) is 28.2. The van der Waals surface area contributed by atoms with Gasteiger partial charge < -0.3 is 22.9 Å². The van der Waals surface area contributed by atoms with Gasteiger partial charge in [0.05, 0.1) is 18.4 Å². The van der Waals surface area contributed by atoms with E-state index in [1.807, 2.05) is 25.1 Å². The fourth-order valence-corrected chi connectivity index (χ4v) is 6.84. The topological polar surface area (TPSA) is 68.2 Å². The van der Waals surface area contributed by atoms with Crippen molar-refractivity contribution < 1.29 is 18.5 Å². The zero-order valence-electron chi connectivity index (χ0n) is 22.6. The van der Waals surface area contributed by atoms with E-state index in [0.29, 0.717) is 49.3 Å². The number of hydrogen-bond acceptors (Lipinski definition) is 6. The van der Waals surface area contributed by atoms with Crippen LogP contribution >= 0.6 is 11.6 Å². The van der Waals surface area contributed by atoms with Crippen LogP contribution in [-0.4, -0.2) is 37.5 Å². The van der Waals surface area contributed by atoms with Crippen molar-refractivity contribution in [3.05, 3.63) is 70.3 Å². The van der Waals surface area contributed by atoms with Crippen LogP contribution in [0.5, 0.6) is 5.75 Å². The minimum atomic E-state index is -1.56. The number of rotatable bonds is 2. The van der Waals surface area contributed by atoms with Gasteiger partial charge in [0.2, 0.25) is 0 Å². The molecule has 5 rings (SSSR count). The highest BCUT2D eigenvalue weighted by molar-refractivity contribution is 7.75. The van der Waals surface area contributed by atoms with Crippen LogP contribution in [0.25, 0.3) is 0 Å². The van der Waals surface area contributed by atoms with E-state index in [0.717, 1.165) is 61.5 Å². The quantitative estimate of drug-likeness (QED) is 0.284. The summed E-state index contributed by atoms with van der Waals surface area (Å²) in [7, 11) is -1.56. The molecule has 3 aliphatic rings. The predicted molar refractivity (Wildman–Crippen MR) is 157 cm³/mol. The van der Waals surface area contributed by atoms with Crippen LogP contribution in [0.4, 0.5) is 5.69 Å². The van der Waals surface area contributed by atoms with Crippen molar-refractivity contribution in [1.29, 1.82) is 0 Å². The maximum absolute atomic E-state index is 13.1. The van der Waals surface area contributed by atoms with Gasteiger partial charge >= 0.3 is 0 Å². The van der Waals surface area contributed by atoms with E-state index < -0.39 is 16.5 Å². The van der Waals surface area contributed by atoms with Gasteiger partial charge in [-0.2, -0.15) is 10.6 Å². The van der Waals surface area contributed by atoms with Crippen LogP contribution in [0.3, 0.4) is 0 Å². The second kappa shape index (κ2) is 13.3. The summed E-state index contributed by atoms with van der Waals surface area (Å²) in [4.78, 5) is 15.4. The number of fused-ring (bicyclic) bond motifs is 3. The molecular weight excluding hydrogens is 532 g/mol. The second-order valence-corrected chi connectivity index (χ2v) is 12.4. The first-order valence-corrected chi connectivity index (χ1v) is 15.9. The van der Waals surface area contributed by atoms with Crippen molar-refractivity contribution in [3.8, 4) is 5.75 Å². The highest BCUT2D eigenvalue weighted by atomic mass is 35.5. The molecule has 2 bridgehead atoms. The molecule has 8 heteroatoms. The molecule has 210 valence electrons. The van der Waals surface area contributed by atoms with E-state index in [-0.39, 0.29) is 6.10 Å². The fraction of sp³-hybridized carbons (Fsp3) is 0.516. The minimum Gasteiger partial charge on any atom is -0.491 e. The van der Waals surface area contributed by atoms with Crippen molar-refractivity contribution in [2.75, 3.05) is 30.4 Å². The van der Waals surface area contributed by atoms with Gasteiger partial charge in [0, 0.05) is 30.3 Å². The van der Waals surface area contributed by atoms with Crippen LogP contribution < -0.4 is 9.64 Å². The van der Waals surface area contributed by atoms with Crippen LogP contribution in [-0.2, 0) is 32.5 Å². The van der Waals surface area contributed by atoms with Crippen molar-refractivity contribution >= 4 is 33.8 Å². The number of benzene rings is 2. The molecule has 2 aliphatic heterocycles. The fourth-order valence-electron chi connectivity index (χ4n) is 5.85. The molecule has 1 saturated carbocycles. The van der Waals surface area contributed by atoms with Crippen LogP contribution in [0, 0.1) is 11.8 Å². The Bertz CT molecular complexity index is 1290. The minimum absolute atomic E-state index is 0.0653. The summed E-state index contributed by atoms with van der Waals surface area (Å²) < 4.78 is 29.1. The SMILES string of the molecule is CCO[C@H]1/C=C/CCC[S-](=O)=NC(=O)c2ccc3c(c2)N(Cc2ccc(Cl)cc2CCCCO3)C[C@@H]2CC[C@H]21. The number of amides is 1. The van der Waals surface area contributed by atoms with Crippen molar-refractivity contribution in [3.63, 3.8) is 0 Å². The van der Waals surface area contributed by atoms with E-state index in [1.54, 1.807) is 6.07 Å². The third-order valence-electron chi connectivity index (χ3n) is 8.09. The first-order valence-electron chi connectivity index (χ1n) is 14.2. The number of hydrogen-bond donors (Lipinski definition) is 0. The summed E-state index contributed by atoms with van der Waals surface area (Å²) in [5.74, 6) is 1.56. The summed E-state index contributed by atoms with van der Waals surface area (Å²) in [6, 6.07) is 11.7. The summed E-state index contributed by atoms with van der Waals surface area (Å²) in [6.07, 6.45) is 11.0. The third-order valence-corrected chi connectivity index (χ3v) is 9.33. The maximum atomic E-state index is 13.1. The molecule has 1 aliphatic carbocycles. The molecule has 0 spiro atoms. The van der Waals surface area contributed by atoms with Crippen LogP contribution in [0.2, 0.25) is 5.02 Å². The molecule has 0 aromatic heterocycles. The molecule has 6 nitrogen and oxygen atoms in total. The molecule has 0 N–H and O–H groups in total. The van der Waals surface area contributed by atoms with E-state index in [9.17, 15) is 9.00 Å². The number of ether oxygens (including phenoxy) is 2. The Morgan fingerprint density at radius 2 is 2.03 bits per heavy atom. The Morgan fingerprint density at radius 1 is 1.13 bits per heavy atom. The number of carbonyl (C=O) groups is 1. The van der Waals surface area contributed by atoms with Gasteiger partial charge in [-0.1, -0.05) is 42.0 Å². The molecule has 2 aromatic carbocycles. The van der Waals surface area contributed by atoms with Gasteiger partial charge in [-0.05, 0) is 98.7 Å². The Hall–Kier alpha value is -2.35. The lowest BCUT2D eigenvalue weighted by Gasteiger charge is -2.44. The number of halogens is 1. The molecule has 3 atom stereocenters. The summed E-state index contributed by atoms with van der Waals surface area (Å²) >= 11 is 6.41. The number of allylic oxidation sites excluding steroid dienone is 1. The molecule has 1 amide bonds. The molecule has 39 heavy (non-hydrogen) atoms. The number of aryl methyl sites for hydroxylation is 1. The lowest BCUT2D eigenvalue weighted by molar-refractivity contribution is -0.00848. The molecule has 2 aromatic rings. The van der Waals surface area contributed by atoms with E-state index in [2.05, 4.69) is 33.5 Å². The van der Waals surface area contributed by atoms with Gasteiger partial charge in [-0.3, -0.25) is 4.79 Å². The summed E-state index contributed by atoms with van der Waals surface area (Å²) in [6.45, 7) is 4.82. The van der Waals surface area contributed by atoms with Gasteiger partial charge in [0.1, 0.15) is 5.75 Å². The normalized spacial score (nSPS) is 25.6. The van der Waals surface area contributed by atoms with Crippen LogP contribution in [0.1, 0.15) is 66.9 Å². The van der Waals surface area contributed by atoms with Gasteiger partial charge in [0.25, 0.3) is 5.91 Å². The standard InChI is InChI=1S/C31H38ClN2O4S/c1-2-37-29-9-4-3-7-17-39(36)33-31(35)23-12-15-30-28(19-23)34(21-25-11-14-27(25)29)20-24-10-13-26(32)18-22(24)8-5-6-16-38-30/h4,9-10,12-13,15,18-19,25,27,29H,2-3,5-8,11,14,16-17,20-21H2,1H3/q-1/b9-4+/t25-,27+,29-/m0/s1. The third kappa shape index (κ3) is 7.05. The first-order chi connectivity index (χ1) is 19.0. The predicted octanol–water partition coefficient (Wildman–Crippen LogP) is 7.13. The Balaban J connectivity index is 1.59. The lowest BCUT2D eigenvalue weighted by atomic mass is 9.70. The Kier molecular flexibility index (Phi) is 9.64.